The van der Waals surface area contributed by atoms with Gasteiger partial charge in [0.1, 0.15) is 5.60 Å². The van der Waals surface area contributed by atoms with Gasteiger partial charge in [0.2, 0.25) is 0 Å². The van der Waals surface area contributed by atoms with Gasteiger partial charge in [-0.05, 0) is 51.9 Å². The van der Waals surface area contributed by atoms with Crippen molar-refractivity contribution >= 4 is 6.09 Å². The van der Waals surface area contributed by atoms with Gasteiger partial charge in [0.25, 0.3) is 0 Å². The summed E-state index contributed by atoms with van der Waals surface area (Å²) in [6.07, 6.45) is 8.23. The highest BCUT2D eigenvalue weighted by Crippen LogP contribution is 2.50. The molecule has 0 aliphatic heterocycles. The summed E-state index contributed by atoms with van der Waals surface area (Å²) in [5.41, 5.74) is -0.608. The second kappa shape index (κ2) is 6.55. The van der Waals surface area contributed by atoms with E-state index in [2.05, 4.69) is 5.32 Å². The molecule has 0 radical (unpaired) electrons. The Labute approximate surface area is 128 Å². The number of ether oxygens (including phenoxy) is 1. The number of aliphatic hydroxyl groups is 1. The van der Waals surface area contributed by atoms with Gasteiger partial charge in [-0.3, -0.25) is 0 Å². The third-order valence-corrected chi connectivity index (χ3v) is 4.91. The molecule has 2 aliphatic carbocycles. The van der Waals surface area contributed by atoms with Crippen LogP contribution >= 0.6 is 0 Å². The number of hydrogen-bond acceptors (Lipinski definition) is 3. The van der Waals surface area contributed by atoms with E-state index >= 15 is 0 Å². The van der Waals surface area contributed by atoms with Crippen LogP contribution in [0.5, 0.6) is 0 Å². The number of amides is 1. The van der Waals surface area contributed by atoms with Crippen LogP contribution in [-0.4, -0.2) is 30.0 Å². The first kappa shape index (κ1) is 16.6. The zero-order chi connectivity index (χ0) is 15.5. The van der Waals surface area contributed by atoms with Crippen molar-refractivity contribution in [2.75, 3.05) is 13.2 Å². The number of hydrogen-bond donors (Lipinski definition) is 2. The molecule has 0 heterocycles. The molecule has 4 nitrogen and oxygen atoms in total. The summed E-state index contributed by atoms with van der Waals surface area (Å²) in [6.45, 7) is 6.31. The first-order chi connectivity index (χ1) is 9.85. The third-order valence-electron chi connectivity index (χ3n) is 4.91. The van der Waals surface area contributed by atoms with Gasteiger partial charge in [-0.15, -0.1) is 0 Å². The highest BCUT2D eigenvalue weighted by atomic mass is 16.6. The molecule has 1 unspecified atom stereocenters. The van der Waals surface area contributed by atoms with E-state index in [0.29, 0.717) is 12.5 Å². The van der Waals surface area contributed by atoms with Crippen LogP contribution in [0, 0.1) is 17.3 Å². The molecule has 2 fully saturated rings. The number of carbonyl (C=O) groups is 1. The Morgan fingerprint density at radius 2 is 1.81 bits per heavy atom. The molecule has 0 saturated heterocycles. The average molecular weight is 297 g/mol. The maximum Gasteiger partial charge on any atom is 0.407 e. The molecule has 0 aromatic carbocycles. The molecule has 1 atom stereocenters. The lowest BCUT2D eigenvalue weighted by Gasteiger charge is -2.35. The van der Waals surface area contributed by atoms with E-state index in [9.17, 15) is 9.90 Å². The monoisotopic (exact) mass is 297 g/mol. The Balaban J connectivity index is 1.91. The molecule has 0 aromatic heterocycles. The maximum absolute atomic E-state index is 11.9. The van der Waals surface area contributed by atoms with Crippen LogP contribution < -0.4 is 5.32 Å². The highest BCUT2D eigenvalue weighted by molar-refractivity contribution is 5.67. The molecule has 1 amide bonds. The van der Waals surface area contributed by atoms with Crippen molar-refractivity contribution in [3.63, 3.8) is 0 Å². The summed E-state index contributed by atoms with van der Waals surface area (Å²) in [6, 6.07) is 0. The molecule has 122 valence electrons. The van der Waals surface area contributed by atoms with E-state index < -0.39 is 5.60 Å². The van der Waals surface area contributed by atoms with Crippen LogP contribution in [0.25, 0.3) is 0 Å². The van der Waals surface area contributed by atoms with Crippen molar-refractivity contribution in [3.05, 3.63) is 0 Å². The van der Waals surface area contributed by atoms with Gasteiger partial charge < -0.3 is 15.2 Å². The lowest BCUT2D eigenvalue weighted by atomic mass is 9.75. The van der Waals surface area contributed by atoms with Crippen LogP contribution in [0.1, 0.15) is 65.7 Å². The van der Waals surface area contributed by atoms with Gasteiger partial charge in [-0.1, -0.05) is 25.7 Å². The lowest BCUT2D eigenvalue weighted by molar-refractivity contribution is 0.0388. The van der Waals surface area contributed by atoms with Gasteiger partial charge in [0, 0.05) is 12.0 Å². The third kappa shape index (κ3) is 4.87. The fourth-order valence-corrected chi connectivity index (χ4v) is 3.68. The minimum atomic E-state index is -0.475. The molecule has 4 heteroatoms. The molecule has 2 rings (SSSR count). The summed E-state index contributed by atoms with van der Waals surface area (Å²) in [5, 5.41) is 12.9. The number of rotatable bonds is 6. The summed E-state index contributed by atoms with van der Waals surface area (Å²) < 4.78 is 5.32. The Kier molecular flexibility index (Phi) is 5.18. The van der Waals surface area contributed by atoms with Crippen LogP contribution in [-0.2, 0) is 4.74 Å². The Bertz CT molecular complexity index is 354. The normalized spacial score (nSPS) is 22.9. The van der Waals surface area contributed by atoms with Crippen LogP contribution in [0.15, 0.2) is 0 Å². The minimum absolute atomic E-state index is 0.133. The number of nitrogens with one attached hydrogen (secondary N) is 1. The molecular formula is C17H31NO3. The van der Waals surface area contributed by atoms with E-state index in [1.165, 1.54) is 38.5 Å². The van der Waals surface area contributed by atoms with Gasteiger partial charge in [0.05, 0.1) is 6.61 Å². The first-order valence-electron chi connectivity index (χ1n) is 8.42. The van der Waals surface area contributed by atoms with Crippen LogP contribution in [0.4, 0.5) is 4.79 Å². The predicted molar refractivity (Wildman–Crippen MR) is 83.1 cm³/mol. The van der Waals surface area contributed by atoms with Crippen molar-refractivity contribution in [2.45, 2.75) is 71.3 Å². The van der Waals surface area contributed by atoms with E-state index in [4.69, 9.17) is 4.74 Å². The lowest BCUT2D eigenvalue weighted by Crippen LogP contribution is -2.44. The van der Waals surface area contributed by atoms with Crippen molar-refractivity contribution < 1.29 is 14.6 Å². The van der Waals surface area contributed by atoms with Crippen molar-refractivity contribution in [2.24, 2.45) is 17.3 Å². The molecule has 0 spiro atoms. The second-order valence-electron chi connectivity index (χ2n) is 8.00. The molecule has 2 N–H and O–H groups in total. The smallest absolute Gasteiger partial charge is 0.407 e. The minimum Gasteiger partial charge on any atom is -0.444 e. The van der Waals surface area contributed by atoms with E-state index in [1.54, 1.807) is 0 Å². The molecule has 0 aromatic rings. The zero-order valence-corrected chi connectivity index (χ0v) is 13.8. The molecule has 2 saturated carbocycles. The number of alkyl carbamates (subject to hydrolysis) is 1. The predicted octanol–water partition coefficient (Wildman–Crippen LogP) is 3.48. The maximum atomic E-state index is 11.9. The fraction of sp³-hybridized carbons (Fsp3) is 0.941. The van der Waals surface area contributed by atoms with E-state index in [-0.39, 0.29) is 18.1 Å². The van der Waals surface area contributed by atoms with E-state index in [0.717, 1.165) is 12.3 Å². The first-order valence-corrected chi connectivity index (χ1v) is 8.42. The summed E-state index contributed by atoms with van der Waals surface area (Å²) in [7, 11) is 0. The van der Waals surface area contributed by atoms with Crippen LogP contribution in [0.2, 0.25) is 0 Å². The number of aliphatic hydroxyl groups excluding tert-OH is 1. The Morgan fingerprint density at radius 1 is 1.19 bits per heavy atom. The Hall–Kier alpha value is -0.770. The summed E-state index contributed by atoms with van der Waals surface area (Å²) in [4.78, 5) is 11.9. The van der Waals surface area contributed by atoms with E-state index in [1.807, 2.05) is 20.8 Å². The zero-order valence-electron chi connectivity index (χ0n) is 13.8. The SMILES string of the molecule is CC(C)(C)OC(=O)NCC(CO)(CC1CCCC1)C1CC1. The molecule has 0 bridgehead atoms. The van der Waals surface area contributed by atoms with Crippen LogP contribution in [0.3, 0.4) is 0 Å². The van der Waals surface area contributed by atoms with Gasteiger partial charge in [-0.2, -0.15) is 0 Å². The highest BCUT2D eigenvalue weighted by Gasteiger charge is 2.46. The molecule has 21 heavy (non-hydrogen) atoms. The van der Waals surface area contributed by atoms with Gasteiger partial charge >= 0.3 is 6.09 Å². The summed E-state index contributed by atoms with van der Waals surface area (Å²) >= 11 is 0. The molecule has 2 aliphatic rings. The second-order valence-corrected chi connectivity index (χ2v) is 8.00. The Morgan fingerprint density at radius 3 is 2.29 bits per heavy atom. The topological polar surface area (TPSA) is 58.6 Å². The van der Waals surface area contributed by atoms with Gasteiger partial charge in [0.15, 0.2) is 0 Å². The van der Waals surface area contributed by atoms with Crippen molar-refractivity contribution in [1.29, 1.82) is 0 Å². The van der Waals surface area contributed by atoms with Gasteiger partial charge in [-0.25, -0.2) is 4.79 Å². The molecular weight excluding hydrogens is 266 g/mol. The number of carbonyl (C=O) groups excluding carboxylic acids is 1. The average Bonchev–Trinajstić information content (AvgIpc) is 3.12. The van der Waals surface area contributed by atoms with Crippen molar-refractivity contribution in [1.82, 2.24) is 5.32 Å². The standard InChI is InChI=1S/C17H31NO3/c1-16(2,3)21-15(20)18-11-17(12-19,14-8-9-14)10-13-6-4-5-7-13/h13-14,19H,4-12H2,1-3H3,(H,18,20). The fourth-order valence-electron chi connectivity index (χ4n) is 3.68. The largest absolute Gasteiger partial charge is 0.444 e. The summed E-state index contributed by atoms with van der Waals surface area (Å²) in [5.74, 6) is 1.29. The van der Waals surface area contributed by atoms with Crippen molar-refractivity contribution in [3.8, 4) is 0 Å². The quantitative estimate of drug-likeness (QED) is 0.789.